The molecule has 196 valence electrons. The maximum Gasteiger partial charge on any atom is 0.303 e. The number of fused-ring (bicyclic) bond motifs is 1. The molecule has 0 unspecified atom stereocenters. The fourth-order valence-corrected chi connectivity index (χ4v) is 7.42. The van der Waals surface area contributed by atoms with Gasteiger partial charge in [0.2, 0.25) is 0 Å². The van der Waals surface area contributed by atoms with Gasteiger partial charge < -0.3 is 9.47 Å². The first-order chi connectivity index (χ1) is 16.4. The predicted octanol–water partition coefficient (Wildman–Crippen LogP) is 7.88. The van der Waals surface area contributed by atoms with Gasteiger partial charge in [-0.2, -0.15) is 0 Å². The number of carbonyl (C=O) groups is 2. The molecule has 0 spiro atoms. The molecule has 0 saturated heterocycles. The molecule has 0 N–H and O–H groups in total. The van der Waals surface area contributed by atoms with Gasteiger partial charge in [-0.1, -0.05) is 50.1 Å². The normalized spacial score (nSPS) is 32.4. The summed E-state index contributed by atoms with van der Waals surface area (Å²) in [5.74, 6) is 1.71. The van der Waals surface area contributed by atoms with Crippen LogP contribution in [0.15, 0.2) is 35.5 Å². The monoisotopic (exact) mass is 484 g/mol. The molecule has 4 heteroatoms. The lowest BCUT2D eigenvalue weighted by molar-refractivity contribution is -0.154. The van der Waals surface area contributed by atoms with Crippen LogP contribution >= 0.6 is 0 Å². The van der Waals surface area contributed by atoms with Crippen molar-refractivity contribution in [2.75, 3.05) is 0 Å². The predicted molar refractivity (Wildman–Crippen MR) is 142 cm³/mol. The van der Waals surface area contributed by atoms with Gasteiger partial charge in [-0.15, -0.1) is 0 Å². The molecule has 0 aromatic heterocycles. The first kappa shape index (κ1) is 27.7. The first-order valence-electron chi connectivity index (χ1n) is 13.9. The molecule has 35 heavy (non-hydrogen) atoms. The minimum absolute atomic E-state index is 0.0122. The Morgan fingerprint density at radius 3 is 2.57 bits per heavy atom. The zero-order valence-corrected chi connectivity index (χ0v) is 23.1. The van der Waals surface area contributed by atoms with Gasteiger partial charge in [0.1, 0.15) is 11.7 Å². The summed E-state index contributed by atoms with van der Waals surface area (Å²) in [5.41, 5.74) is 4.05. The summed E-state index contributed by atoms with van der Waals surface area (Å²) in [7, 11) is 0. The van der Waals surface area contributed by atoms with E-state index in [4.69, 9.17) is 9.47 Å². The molecule has 3 aliphatic carbocycles. The summed E-state index contributed by atoms with van der Waals surface area (Å²) in [4.78, 5) is 22.8. The summed E-state index contributed by atoms with van der Waals surface area (Å²) < 4.78 is 11.0. The van der Waals surface area contributed by atoms with Crippen LogP contribution in [0, 0.1) is 23.2 Å². The number of hydrogen-bond donors (Lipinski definition) is 0. The second-order valence-electron chi connectivity index (χ2n) is 12.3. The van der Waals surface area contributed by atoms with Gasteiger partial charge in [0, 0.05) is 20.3 Å². The lowest BCUT2D eigenvalue weighted by atomic mass is 9.60. The molecule has 3 saturated carbocycles. The van der Waals surface area contributed by atoms with Crippen LogP contribution in [0.3, 0.4) is 0 Å². The molecule has 3 aliphatic rings. The van der Waals surface area contributed by atoms with E-state index in [1.54, 1.807) is 5.57 Å². The van der Waals surface area contributed by atoms with Crippen molar-refractivity contribution in [2.24, 2.45) is 23.2 Å². The Labute approximate surface area is 213 Å². The van der Waals surface area contributed by atoms with Gasteiger partial charge in [0.05, 0.1) is 0 Å². The summed E-state index contributed by atoms with van der Waals surface area (Å²) in [6.45, 7) is 16.3. The van der Waals surface area contributed by atoms with Crippen molar-refractivity contribution in [3.63, 3.8) is 0 Å². The van der Waals surface area contributed by atoms with Crippen molar-refractivity contribution in [3.8, 4) is 0 Å². The van der Waals surface area contributed by atoms with E-state index in [1.165, 1.54) is 63.5 Å². The Kier molecular flexibility index (Phi) is 9.10. The second kappa shape index (κ2) is 11.5. The van der Waals surface area contributed by atoms with Gasteiger partial charge >= 0.3 is 11.9 Å². The van der Waals surface area contributed by atoms with Crippen LogP contribution in [0.1, 0.15) is 112 Å². The standard InChI is InChI=1S/C31H48O4/c1-21-12-15-27(34-23(3)32)20-26(21)14-13-25-11-9-19-31(7)28(16-17-29(25)31)22(2)10-8-18-30(5,6)35-24(4)33/h13-14,22,27-29H,1,8-12,15-20H2,2-7H3/b25-13+,26-14-/t22-,27+,28-,29+,31-/m1/s1. The minimum atomic E-state index is -0.375. The fraction of sp³-hybridized carbons (Fsp3) is 0.742. The van der Waals surface area contributed by atoms with Crippen LogP contribution in [0.25, 0.3) is 0 Å². The number of ether oxygens (including phenoxy) is 2. The summed E-state index contributed by atoms with van der Waals surface area (Å²) in [6.07, 6.45) is 16.8. The molecular weight excluding hydrogens is 436 g/mol. The molecule has 0 heterocycles. The van der Waals surface area contributed by atoms with Crippen molar-refractivity contribution in [3.05, 3.63) is 35.5 Å². The van der Waals surface area contributed by atoms with E-state index >= 15 is 0 Å². The maximum atomic E-state index is 11.4. The van der Waals surface area contributed by atoms with Gasteiger partial charge in [-0.05, 0) is 100 Å². The van der Waals surface area contributed by atoms with Crippen molar-refractivity contribution in [2.45, 2.75) is 124 Å². The highest BCUT2D eigenvalue weighted by molar-refractivity contribution is 5.66. The van der Waals surface area contributed by atoms with Gasteiger partial charge in [0.15, 0.2) is 0 Å². The van der Waals surface area contributed by atoms with E-state index in [1.807, 2.05) is 13.8 Å². The first-order valence-corrected chi connectivity index (χ1v) is 13.9. The molecule has 3 fully saturated rings. The molecular formula is C31H48O4. The van der Waals surface area contributed by atoms with Crippen molar-refractivity contribution in [1.82, 2.24) is 0 Å². The highest BCUT2D eigenvalue weighted by atomic mass is 16.6. The zero-order valence-electron chi connectivity index (χ0n) is 23.1. The molecule has 0 amide bonds. The largest absolute Gasteiger partial charge is 0.462 e. The van der Waals surface area contributed by atoms with E-state index in [0.717, 1.165) is 38.0 Å². The number of carbonyl (C=O) groups excluding carboxylic acids is 2. The molecule has 4 nitrogen and oxygen atoms in total. The summed E-state index contributed by atoms with van der Waals surface area (Å²) in [5, 5.41) is 0. The van der Waals surface area contributed by atoms with E-state index in [2.05, 4.69) is 32.6 Å². The number of esters is 2. The van der Waals surface area contributed by atoms with E-state index in [-0.39, 0.29) is 23.6 Å². The Morgan fingerprint density at radius 2 is 1.89 bits per heavy atom. The maximum absolute atomic E-state index is 11.4. The molecule has 3 rings (SSSR count). The third kappa shape index (κ3) is 7.11. The number of hydrogen-bond acceptors (Lipinski definition) is 4. The lowest BCUT2D eigenvalue weighted by Gasteiger charge is -2.44. The lowest BCUT2D eigenvalue weighted by Crippen LogP contribution is -2.36. The average molecular weight is 485 g/mol. The van der Waals surface area contributed by atoms with Crippen LogP contribution in [0.5, 0.6) is 0 Å². The SMILES string of the molecule is C=C1CC[C@H](OC(C)=O)C/C1=C/C=C1\CCC[C@]2(C)[C@@H]([C@H](C)CCCC(C)(C)OC(C)=O)CC[C@@H]12. The third-order valence-electron chi connectivity index (χ3n) is 9.08. The molecule has 0 aromatic carbocycles. The number of rotatable bonds is 8. The Hall–Kier alpha value is -1.84. The van der Waals surface area contributed by atoms with Gasteiger partial charge in [-0.25, -0.2) is 0 Å². The fourth-order valence-electron chi connectivity index (χ4n) is 7.42. The Morgan fingerprint density at radius 1 is 1.14 bits per heavy atom. The van der Waals surface area contributed by atoms with Crippen molar-refractivity contribution in [1.29, 1.82) is 0 Å². The highest BCUT2D eigenvalue weighted by Crippen LogP contribution is 2.60. The highest BCUT2D eigenvalue weighted by Gasteiger charge is 2.50. The molecule has 0 bridgehead atoms. The van der Waals surface area contributed by atoms with Crippen LogP contribution in [0.4, 0.5) is 0 Å². The average Bonchev–Trinajstić information content (AvgIpc) is 3.10. The van der Waals surface area contributed by atoms with E-state index in [0.29, 0.717) is 17.3 Å². The van der Waals surface area contributed by atoms with Gasteiger partial charge in [0.25, 0.3) is 0 Å². The van der Waals surface area contributed by atoms with Crippen molar-refractivity contribution < 1.29 is 19.1 Å². The quantitative estimate of drug-likeness (QED) is 0.329. The van der Waals surface area contributed by atoms with Crippen LogP contribution in [-0.4, -0.2) is 23.6 Å². The van der Waals surface area contributed by atoms with Gasteiger partial charge in [-0.3, -0.25) is 9.59 Å². The Balaban J connectivity index is 1.64. The van der Waals surface area contributed by atoms with Crippen LogP contribution in [0.2, 0.25) is 0 Å². The second-order valence-corrected chi connectivity index (χ2v) is 12.3. The van der Waals surface area contributed by atoms with Crippen molar-refractivity contribution >= 4 is 11.9 Å². The molecule has 5 atom stereocenters. The van der Waals surface area contributed by atoms with Crippen LogP contribution in [-0.2, 0) is 19.1 Å². The minimum Gasteiger partial charge on any atom is -0.462 e. The van der Waals surface area contributed by atoms with E-state index < -0.39 is 0 Å². The summed E-state index contributed by atoms with van der Waals surface area (Å²) >= 11 is 0. The smallest absolute Gasteiger partial charge is 0.303 e. The number of allylic oxidation sites excluding steroid dienone is 4. The Bertz CT molecular complexity index is 863. The third-order valence-corrected chi connectivity index (χ3v) is 9.08. The zero-order chi connectivity index (χ0) is 25.8. The molecule has 0 radical (unpaired) electrons. The molecule has 0 aliphatic heterocycles. The van der Waals surface area contributed by atoms with Crippen LogP contribution < -0.4 is 0 Å². The summed E-state index contributed by atoms with van der Waals surface area (Å²) in [6, 6.07) is 0. The molecule has 0 aromatic rings. The van der Waals surface area contributed by atoms with E-state index in [9.17, 15) is 9.59 Å². The topological polar surface area (TPSA) is 52.6 Å².